The molecule has 0 rings (SSSR count). The minimum Gasteiger partial charge on any atom is -0.377 e. The molecule has 42 heavy (non-hydrogen) atoms. The summed E-state index contributed by atoms with van der Waals surface area (Å²) in [5.74, 6) is 0.786. The number of ether oxygens (including phenoxy) is 4. The van der Waals surface area contributed by atoms with E-state index < -0.39 is 0 Å². The van der Waals surface area contributed by atoms with Crippen LogP contribution >= 0.6 is 12.0 Å². The lowest BCUT2D eigenvalue weighted by Crippen LogP contribution is -2.26. The monoisotopic (exact) mass is 610 g/mol. The van der Waals surface area contributed by atoms with Crippen molar-refractivity contribution >= 4 is 17.9 Å². The molecule has 0 saturated heterocycles. The van der Waals surface area contributed by atoms with Crippen molar-refractivity contribution in [3.05, 3.63) is 58.7 Å². The maximum Gasteiger partial charge on any atom is 0.244 e. The standard InChI is InChI=1S/C33H58N2O6S/c1-9-33(6,7)31(28(2)3)14-13-29(4)11-10-12-30(5)27-32(36)35-15-17-37-18-19-38-20-21-39-22-23-40-24-25-41-42-26-16-34-8/h10-14,27,34H,9,15-26H2,1-8H3,(H,35,36)/b12-10+,14-13+,29-11+,30-27+. The Kier molecular flexibility index (Phi) is 25.8. The highest BCUT2D eigenvalue weighted by Crippen LogP contribution is 2.33. The molecule has 0 saturated carbocycles. The van der Waals surface area contributed by atoms with Gasteiger partial charge in [-0.3, -0.25) is 4.79 Å². The van der Waals surface area contributed by atoms with Crippen LogP contribution in [0.3, 0.4) is 0 Å². The number of rotatable bonds is 26. The molecule has 0 radical (unpaired) electrons. The Balaban J connectivity index is 3.89. The van der Waals surface area contributed by atoms with Crippen molar-refractivity contribution in [3.8, 4) is 0 Å². The molecule has 8 nitrogen and oxygen atoms in total. The average molecular weight is 611 g/mol. The highest BCUT2D eigenvalue weighted by Gasteiger charge is 2.19. The summed E-state index contributed by atoms with van der Waals surface area (Å²) in [6.45, 7) is 21.1. The molecule has 1 amide bonds. The summed E-state index contributed by atoms with van der Waals surface area (Å²) in [6.07, 6.45) is 13.0. The molecular weight excluding hydrogens is 552 g/mol. The molecule has 0 aliphatic rings. The van der Waals surface area contributed by atoms with Gasteiger partial charge in [0.25, 0.3) is 0 Å². The van der Waals surface area contributed by atoms with Gasteiger partial charge in [0.1, 0.15) is 0 Å². The van der Waals surface area contributed by atoms with Crippen LogP contribution in [0.1, 0.15) is 54.9 Å². The van der Waals surface area contributed by atoms with Gasteiger partial charge in [-0.05, 0) is 69.8 Å². The molecule has 0 aromatic carbocycles. The van der Waals surface area contributed by atoms with E-state index in [1.54, 1.807) is 6.08 Å². The highest BCUT2D eigenvalue weighted by atomic mass is 32.2. The van der Waals surface area contributed by atoms with Crippen molar-refractivity contribution in [3.63, 3.8) is 0 Å². The zero-order valence-electron chi connectivity index (χ0n) is 27.5. The van der Waals surface area contributed by atoms with Gasteiger partial charge in [-0.15, -0.1) is 0 Å². The normalized spacial score (nSPS) is 13.0. The van der Waals surface area contributed by atoms with Gasteiger partial charge in [0.2, 0.25) is 5.91 Å². The minimum absolute atomic E-state index is 0.135. The summed E-state index contributed by atoms with van der Waals surface area (Å²) in [7, 11) is 1.92. The molecule has 0 fully saturated rings. The summed E-state index contributed by atoms with van der Waals surface area (Å²) in [5, 5.41) is 5.90. The highest BCUT2D eigenvalue weighted by molar-refractivity contribution is 7.94. The van der Waals surface area contributed by atoms with Crippen LogP contribution in [0, 0.1) is 5.41 Å². The zero-order valence-corrected chi connectivity index (χ0v) is 28.3. The Labute approximate surface area is 260 Å². The first-order valence-electron chi connectivity index (χ1n) is 15.0. The number of allylic oxidation sites excluding steroid dienone is 9. The Hall–Kier alpha value is -1.72. The molecule has 9 heteroatoms. The second kappa shape index (κ2) is 26.9. The fraction of sp³-hybridized carbons (Fsp3) is 0.667. The van der Waals surface area contributed by atoms with E-state index in [0.29, 0.717) is 66.0 Å². The number of hydrogen-bond acceptors (Lipinski definition) is 8. The van der Waals surface area contributed by atoms with Gasteiger partial charge in [-0.2, -0.15) is 0 Å². The molecule has 0 atom stereocenters. The van der Waals surface area contributed by atoms with Gasteiger partial charge in [0, 0.05) is 24.9 Å². The molecule has 2 N–H and O–H groups in total. The third-order valence-corrected chi connectivity index (χ3v) is 6.94. The molecule has 242 valence electrons. The van der Waals surface area contributed by atoms with Gasteiger partial charge in [-0.1, -0.05) is 62.3 Å². The summed E-state index contributed by atoms with van der Waals surface area (Å²) >= 11 is 1.44. The Bertz CT molecular complexity index is 861. The van der Waals surface area contributed by atoms with Crippen LogP contribution in [0.5, 0.6) is 0 Å². The van der Waals surface area contributed by atoms with Gasteiger partial charge in [0.05, 0.1) is 59.5 Å². The van der Waals surface area contributed by atoms with E-state index >= 15 is 0 Å². The van der Waals surface area contributed by atoms with E-state index in [2.05, 4.69) is 70.4 Å². The first-order chi connectivity index (χ1) is 20.1. The first kappa shape index (κ1) is 40.3. The Morgan fingerprint density at radius 2 is 1.33 bits per heavy atom. The third kappa shape index (κ3) is 23.8. The maximum absolute atomic E-state index is 12.1. The second-order valence-electron chi connectivity index (χ2n) is 10.6. The number of carbonyl (C=O) groups is 1. The molecule has 0 bridgehead atoms. The minimum atomic E-state index is -0.135. The van der Waals surface area contributed by atoms with E-state index in [4.69, 9.17) is 23.1 Å². The van der Waals surface area contributed by atoms with E-state index in [-0.39, 0.29) is 11.3 Å². The van der Waals surface area contributed by atoms with E-state index in [9.17, 15) is 4.79 Å². The zero-order chi connectivity index (χ0) is 31.5. The van der Waals surface area contributed by atoms with Crippen LogP contribution in [-0.2, 0) is 27.9 Å². The summed E-state index contributed by atoms with van der Waals surface area (Å²) in [6, 6.07) is 0. The first-order valence-corrected chi connectivity index (χ1v) is 15.9. The lowest BCUT2D eigenvalue weighted by Gasteiger charge is -2.26. The molecule has 0 unspecified atom stereocenters. The maximum atomic E-state index is 12.1. The van der Waals surface area contributed by atoms with Gasteiger partial charge >= 0.3 is 0 Å². The molecule has 0 aromatic heterocycles. The lowest BCUT2D eigenvalue weighted by atomic mass is 9.79. The molecule has 0 heterocycles. The topological polar surface area (TPSA) is 87.3 Å². The number of carbonyl (C=O) groups excluding carboxylic acids is 1. The summed E-state index contributed by atoms with van der Waals surface area (Å²) < 4.78 is 27.3. The summed E-state index contributed by atoms with van der Waals surface area (Å²) in [5.41, 5.74) is 4.91. The lowest BCUT2D eigenvalue weighted by molar-refractivity contribution is -0.116. The van der Waals surface area contributed by atoms with Crippen LogP contribution in [0.25, 0.3) is 0 Å². The smallest absolute Gasteiger partial charge is 0.244 e. The molecule has 0 aliphatic carbocycles. The quantitative estimate of drug-likeness (QED) is 0.0548. The van der Waals surface area contributed by atoms with Crippen LogP contribution in [0.2, 0.25) is 0 Å². The molecular formula is C33H58N2O6S. The fourth-order valence-corrected chi connectivity index (χ4v) is 4.14. The van der Waals surface area contributed by atoms with Gasteiger partial charge < -0.3 is 33.8 Å². The molecule has 0 aliphatic heterocycles. The predicted molar refractivity (Wildman–Crippen MR) is 177 cm³/mol. The average Bonchev–Trinajstić information content (AvgIpc) is 2.94. The summed E-state index contributed by atoms with van der Waals surface area (Å²) in [4.78, 5) is 12.1. The van der Waals surface area contributed by atoms with Gasteiger partial charge in [-0.25, -0.2) is 0 Å². The number of nitrogens with one attached hydrogen (secondary N) is 2. The van der Waals surface area contributed by atoms with Crippen molar-refractivity contribution in [2.24, 2.45) is 5.41 Å². The van der Waals surface area contributed by atoms with Crippen molar-refractivity contribution < 1.29 is 27.9 Å². The Morgan fingerprint density at radius 3 is 1.88 bits per heavy atom. The fourth-order valence-electron chi connectivity index (χ4n) is 3.55. The number of hydrogen-bond donors (Lipinski definition) is 2. The van der Waals surface area contributed by atoms with Crippen LogP contribution < -0.4 is 10.6 Å². The SMILES string of the molecule is CCC(C)(C)C(/C=C/C(C)=C/C=C/C(C)=C/C(=O)NCCOCCOCCOCCOCCOSCCNC)=C(C)C. The van der Waals surface area contributed by atoms with E-state index in [1.165, 1.54) is 23.2 Å². The predicted octanol–water partition coefficient (Wildman–Crippen LogP) is 5.83. The molecule has 0 aromatic rings. The third-order valence-electron chi connectivity index (χ3n) is 6.23. The van der Waals surface area contributed by atoms with Crippen LogP contribution in [-0.4, -0.2) is 91.3 Å². The number of amides is 1. The van der Waals surface area contributed by atoms with Gasteiger partial charge in [0.15, 0.2) is 0 Å². The van der Waals surface area contributed by atoms with Crippen LogP contribution in [0.15, 0.2) is 58.7 Å². The van der Waals surface area contributed by atoms with E-state index in [1.807, 2.05) is 26.1 Å². The molecule has 0 spiro atoms. The van der Waals surface area contributed by atoms with Crippen molar-refractivity contribution in [1.82, 2.24) is 10.6 Å². The largest absolute Gasteiger partial charge is 0.377 e. The van der Waals surface area contributed by atoms with Crippen molar-refractivity contribution in [2.45, 2.75) is 54.9 Å². The van der Waals surface area contributed by atoms with Crippen LogP contribution in [0.4, 0.5) is 0 Å². The second-order valence-corrected chi connectivity index (χ2v) is 11.5. The van der Waals surface area contributed by atoms with Crippen molar-refractivity contribution in [2.75, 3.05) is 85.4 Å². The van der Waals surface area contributed by atoms with Crippen molar-refractivity contribution in [1.29, 1.82) is 0 Å². The Morgan fingerprint density at radius 1 is 0.762 bits per heavy atom. The van der Waals surface area contributed by atoms with E-state index in [0.717, 1.165) is 29.9 Å².